The molecular weight excluding hydrogens is 252 g/mol. The Morgan fingerprint density at radius 2 is 2.40 bits per heavy atom. The molecule has 1 atom stereocenters. The zero-order valence-corrected chi connectivity index (χ0v) is 12.4. The fourth-order valence-electron chi connectivity index (χ4n) is 2.47. The van der Waals surface area contributed by atoms with Gasteiger partial charge in [0.05, 0.1) is 6.54 Å². The zero-order valence-electron chi connectivity index (χ0n) is 12.4. The summed E-state index contributed by atoms with van der Waals surface area (Å²) in [5.41, 5.74) is 1.16. The fourth-order valence-corrected chi connectivity index (χ4v) is 2.47. The molecule has 0 radical (unpaired) electrons. The van der Waals surface area contributed by atoms with E-state index in [1.807, 2.05) is 6.07 Å². The van der Waals surface area contributed by atoms with Crippen molar-refractivity contribution in [3.05, 3.63) is 23.9 Å². The molecule has 5 nitrogen and oxygen atoms in total. The predicted molar refractivity (Wildman–Crippen MR) is 80.8 cm³/mol. The van der Waals surface area contributed by atoms with Crippen molar-refractivity contribution in [2.45, 2.75) is 32.7 Å². The van der Waals surface area contributed by atoms with Crippen molar-refractivity contribution in [1.82, 2.24) is 15.6 Å². The van der Waals surface area contributed by atoms with E-state index in [4.69, 9.17) is 0 Å². The van der Waals surface area contributed by atoms with E-state index in [0.29, 0.717) is 6.54 Å². The predicted octanol–water partition coefficient (Wildman–Crippen LogP) is 1.47. The van der Waals surface area contributed by atoms with Crippen molar-refractivity contribution >= 4 is 11.7 Å². The van der Waals surface area contributed by atoms with Crippen LogP contribution in [0.2, 0.25) is 0 Å². The summed E-state index contributed by atoms with van der Waals surface area (Å²) in [6, 6.07) is 4.30. The molecular formula is C15H24N4O. The average Bonchev–Trinajstić information content (AvgIpc) is 2.69. The van der Waals surface area contributed by atoms with Gasteiger partial charge in [-0.15, -0.1) is 0 Å². The highest BCUT2D eigenvalue weighted by molar-refractivity contribution is 5.81. The second-order valence-electron chi connectivity index (χ2n) is 5.22. The molecule has 0 aliphatic carbocycles. The Bertz CT molecular complexity index is 449. The Balaban J connectivity index is 2.19. The van der Waals surface area contributed by atoms with Crippen LogP contribution in [0.25, 0.3) is 0 Å². The molecule has 20 heavy (non-hydrogen) atoms. The van der Waals surface area contributed by atoms with Gasteiger partial charge >= 0.3 is 0 Å². The number of rotatable bonds is 5. The van der Waals surface area contributed by atoms with Gasteiger partial charge in [-0.2, -0.15) is 0 Å². The number of carbonyl (C=O) groups is 1. The van der Waals surface area contributed by atoms with E-state index in [-0.39, 0.29) is 11.9 Å². The van der Waals surface area contributed by atoms with E-state index in [2.05, 4.69) is 40.4 Å². The molecule has 1 saturated heterocycles. The van der Waals surface area contributed by atoms with Crippen molar-refractivity contribution in [2.75, 3.05) is 31.1 Å². The molecule has 0 spiro atoms. The van der Waals surface area contributed by atoms with Crippen molar-refractivity contribution in [3.8, 4) is 0 Å². The molecule has 1 amide bonds. The van der Waals surface area contributed by atoms with Crippen LogP contribution in [-0.2, 0) is 4.79 Å². The maximum absolute atomic E-state index is 11.7. The van der Waals surface area contributed by atoms with Gasteiger partial charge in [-0.25, -0.2) is 4.98 Å². The molecule has 2 N–H and O–H groups in total. The quantitative estimate of drug-likeness (QED) is 0.855. The van der Waals surface area contributed by atoms with Crippen LogP contribution < -0.4 is 15.5 Å². The van der Waals surface area contributed by atoms with E-state index in [9.17, 15) is 4.79 Å². The van der Waals surface area contributed by atoms with E-state index in [1.165, 1.54) is 0 Å². The van der Waals surface area contributed by atoms with Crippen LogP contribution in [0.3, 0.4) is 0 Å². The molecule has 0 bridgehead atoms. The first-order valence-corrected chi connectivity index (χ1v) is 7.42. The standard InChI is InChI=1S/C15H24N4O/c1-3-7-16-12(2)13-6-4-8-18-15(13)19-10-5-9-17-14(20)11-19/h4,6,8,12,16H,3,5,7,9-11H2,1-2H3,(H,17,20). The second kappa shape index (κ2) is 7.24. The fraction of sp³-hybridized carbons (Fsp3) is 0.600. The van der Waals surface area contributed by atoms with Crippen LogP contribution >= 0.6 is 0 Å². The van der Waals surface area contributed by atoms with Crippen molar-refractivity contribution < 1.29 is 4.79 Å². The van der Waals surface area contributed by atoms with Gasteiger partial charge in [-0.3, -0.25) is 4.79 Å². The van der Waals surface area contributed by atoms with E-state index in [0.717, 1.165) is 43.9 Å². The smallest absolute Gasteiger partial charge is 0.239 e. The second-order valence-corrected chi connectivity index (χ2v) is 5.22. The van der Waals surface area contributed by atoms with Gasteiger partial charge < -0.3 is 15.5 Å². The zero-order chi connectivity index (χ0) is 14.4. The maximum atomic E-state index is 11.7. The molecule has 1 aromatic heterocycles. The summed E-state index contributed by atoms with van der Waals surface area (Å²) in [6.07, 6.45) is 3.86. The summed E-state index contributed by atoms with van der Waals surface area (Å²) in [7, 11) is 0. The number of pyridine rings is 1. The molecule has 1 unspecified atom stereocenters. The molecule has 1 aliphatic heterocycles. The Morgan fingerprint density at radius 1 is 1.55 bits per heavy atom. The van der Waals surface area contributed by atoms with Gasteiger partial charge in [0.25, 0.3) is 0 Å². The number of nitrogens with one attached hydrogen (secondary N) is 2. The summed E-state index contributed by atoms with van der Waals surface area (Å²) in [5.74, 6) is 1.01. The Labute approximate surface area is 120 Å². The van der Waals surface area contributed by atoms with Gasteiger partial charge in [-0.05, 0) is 32.4 Å². The summed E-state index contributed by atoms with van der Waals surface area (Å²) >= 11 is 0. The molecule has 5 heteroatoms. The first-order valence-electron chi connectivity index (χ1n) is 7.42. The van der Waals surface area contributed by atoms with Crippen LogP contribution in [0.15, 0.2) is 18.3 Å². The first kappa shape index (κ1) is 14.8. The molecule has 2 heterocycles. The van der Waals surface area contributed by atoms with Crippen molar-refractivity contribution in [2.24, 2.45) is 0 Å². The summed E-state index contributed by atoms with van der Waals surface area (Å²) in [4.78, 5) is 18.3. The molecule has 1 aliphatic rings. The summed E-state index contributed by atoms with van der Waals surface area (Å²) in [5, 5.41) is 6.39. The highest BCUT2D eigenvalue weighted by Crippen LogP contribution is 2.24. The monoisotopic (exact) mass is 276 g/mol. The normalized spacial score (nSPS) is 17.5. The lowest BCUT2D eigenvalue weighted by Crippen LogP contribution is -2.34. The highest BCUT2D eigenvalue weighted by atomic mass is 16.2. The number of carbonyl (C=O) groups excluding carboxylic acids is 1. The maximum Gasteiger partial charge on any atom is 0.239 e. The molecule has 0 aromatic carbocycles. The van der Waals surface area contributed by atoms with Gasteiger partial charge in [-0.1, -0.05) is 13.0 Å². The van der Waals surface area contributed by atoms with Crippen LogP contribution in [0, 0.1) is 0 Å². The third-order valence-electron chi connectivity index (χ3n) is 3.54. The van der Waals surface area contributed by atoms with E-state index in [1.54, 1.807) is 6.20 Å². The van der Waals surface area contributed by atoms with Gasteiger partial charge in [0, 0.05) is 30.9 Å². The third-order valence-corrected chi connectivity index (χ3v) is 3.54. The van der Waals surface area contributed by atoms with E-state index < -0.39 is 0 Å². The Kier molecular flexibility index (Phi) is 5.35. The highest BCUT2D eigenvalue weighted by Gasteiger charge is 2.20. The number of amides is 1. The third kappa shape index (κ3) is 3.70. The number of hydrogen-bond acceptors (Lipinski definition) is 4. The molecule has 110 valence electrons. The topological polar surface area (TPSA) is 57.3 Å². The van der Waals surface area contributed by atoms with Crippen LogP contribution in [0.4, 0.5) is 5.82 Å². The Hall–Kier alpha value is -1.62. The van der Waals surface area contributed by atoms with Crippen molar-refractivity contribution in [3.63, 3.8) is 0 Å². The molecule has 1 fully saturated rings. The number of aromatic nitrogens is 1. The molecule has 0 saturated carbocycles. The van der Waals surface area contributed by atoms with Crippen molar-refractivity contribution in [1.29, 1.82) is 0 Å². The van der Waals surface area contributed by atoms with E-state index >= 15 is 0 Å². The largest absolute Gasteiger partial charge is 0.354 e. The SMILES string of the molecule is CCCNC(C)c1cccnc1N1CCCNC(=O)C1. The molecule has 1 aromatic rings. The van der Waals surface area contributed by atoms with Crippen LogP contribution in [0.1, 0.15) is 38.3 Å². The number of anilines is 1. The molecule has 2 rings (SSSR count). The van der Waals surface area contributed by atoms with Crippen LogP contribution in [-0.4, -0.2) is 37.1 Å². The number of nitrogens with zero attached hydrogens (tertiary/aromatic N) is 2. The first-order chi connectivity index (χ1) is 9.72. The minimum atomic E-state index is 0.0771. The average molecular weight is 276 g/mol. The lowest BCUT2D eigenvalue weighted by Gasteiger charge is -2.25. The van der Waals surface area contributed by atoms with Gasteiger partial charge in [0.1, 0.15) is 5.82 Å². The lowest BCUT2D eigenvalue weighted by atomic mass is 10.1. The lowest BCUT2D eigenvalue weighted by molar-refractivity contribution is -0.119. The van der Waals surface area contributed by atoms with Crippen LogP contribution in [0.5, 0.6) is 0 Å². The van der Waals surface area contributed by atoms with Gasteiger partial charge in [0.2, 0.25) is 5.91 Å². The summed E-state index contributed by atoms with van der Waals surface area (Å²) in [6.45, 7) is 7.29. The minimum Gasteiger partial charge on any atom is -0.354 e. The summed E-state index contributed by atoms with van der Waals surface area (Å²) < 4.78 is 0. The Morgan fingerprint density at radius 3 is 3.20 bits per heavy atom. The van der Waals surface area contributed by atoms with Gasteiger partial charge in [0.15, 0.2) is 0 Å². The number of hydrogen-bond donors (Lipinski definition) is 2. The minimum absolute atomic E-state index is 0.0771.